The highest BCUT2D eigenvalue weighted by molar-refractivity contribution is 5.94. The average Bonchev–Trinajstić information content (AvgIpc) is 2.80. The summed E-state index contributed by atoms with van der Waals surface area (Å²) in [5, 5.41) is 10.7. The van der Waals surface area contributed by atoms with E-state index in [2.05, 4.69) is 18.8 Å². The maximum atomic E-state index is 14.4. The summed E-state index contributed by atoms with van der Waals surface area (Å²) in [7, 11) is 0. The number of aromatic carboxylic acids is 1. The highest BCUT2D eigenvalue weighted by Gasteiger charge is 2.13. The summed E-state index contributed by atoms with van der Waals surface area (Å²) >= 11 is 0. The van der Waals surface area contributed by atoms with Crippen LogP contribution in [0.5, 0.6) is 5.75 Å². The minimum absolute atomic E-state index is 0.0456. The van der Waals surface area contributed by atoms with Crippen molar-refractivity contribution in [2.75, 3.05) is 6.61 Å². The lowest BCUT2D eigenvalue weighted by Gasteiger charge is -2.08. The first-order valence-electron chi connectivity index (χ1n) is 10.9. The van der Waals surface area contributed by atoms with Crippen molar-refractivity contribution in [1.29, 1.82) is 0 Å². The number of carboxylic acids is 1. The lowest BCUT2D eigenvalue weighted by Crippen LogP contribution is -2.02. The molecule has 0 amide bonds. The highest BCUT2D eigenvalue weighted by atomic mass is 19.2. The van der Waals surface area contributed by atoms with E-state index in [1.807, 2.05) is 0 Å². The first kappa shape index (κ1) is 23.3. The Hall–Kier alpha value is -3.39. The minimum Gasteiger partial charge on any atom is -0.490 e. The third-order valence-electron chi connectivity index (χ3n) is 5.23. The number of halogens is 2. The van der Waals surface area contributed by atoms with Gasteiger partial charge in [-0.1, -0.05) is 63.0 Å². The van der Waals surface area contributed by atoms with Crippen molar-refractivity contribution in [1.82, 2.24) is 0 Å². The number of benzene rings is 3. The van der Waals surface area contributed by atoms with E-state index in [0.29, 0.717) is 12.2 Å². The topological polar surface area (TPSA) is 46.5 Å². The lowest BCUT2D eigenvalue weighted by atomic mass is 10.0. The summed E-state index contributed by atoms with van der Waals surface area (Å²) < 4.78 is 34.2. The van der Waals surface area contributed by atoms with Gasteiger partial charge in [0.1, 0.15) is 0 Å². The van der Waals surface area contributed by atoms with Gasteiger partial charge in [0, 0.05) is 5.56 Å². The van der Waals surface area contributed by atoms with Crippen molar-refractivity contribution in [2.45, 2.75) is 45.4 Å². The molecule has 1 N–H and O–H groups in total. The monoisotopic (exact) mass is 436 g/mol. The van der Waals surface area contributed by atoms with Gasteiger partial charge in [-0.15, -0.1) is 0 Å². The molecular formula is C27H26F2O3. The summed E-state index contributed by atoms with van der Waals surface area (Å²) in [5.41, 5.74) is 0.771. The summed E-state index contributed by atoms with van der Waals surface area (Å²) in [5.74, 6) is 2.38. The predicted octanol–water partition coefficient (Wildman–Crippen LogP) is 6.96. The summed E-state index contributed by atoms with van der Waals surface area (Å²) in [6.07, 6.45) is 6.53. The third kappa shape index (κ3) is 6.07. The van der Waals surface area contributed by atoms with Gasteiger partial charge in [-0.2, -0.15) is 4.39 Å². The number of carbonyl (C=O) groups is 1. The molecule has 32 heavy (non-hydrogen) atoms. The van der Waals surface area contributed by atoms with Crippen LogP contribution in [-0.2, 0) is 0 Å². The number of fused-ring (bicyclic) bond motifs is 1. The smallest absolute Gasteiger partial charge is 0.335 e. The fourth-order valence-electron chi connectivity index (χ4n) is 3.40. The van der Waals surface area contributed by atoms with Crippen LogP contribution in [0.15, 0.2) is 48.5 Å². The van der Waals surface area contributed by atoms with Gasteiger partial charge >= 0.3 is 5.97 Å². The number of carboxylic acid groups (broad SMARTS) is 1. The van der Waals surface area contributed by atoms with Gasteiger partial charge in [-0.25, -0.2) is 9.18 Å². The minimum atomic E-state index is -1.03. The molecule has 0 saturated carbocycles. The maximum Gasteiger partial charge on any atom is 0.335 e. The Kier molecular flexibility index (Phi) is 8.21. The molecule has 5 heteroatoms. The quantitative estimate of drug-likeness (QED) is 0.291. The molecule has 0 aliphatic carbocycles. The van der Waals surface area contributed by atoms with Crippen LogP contribution in [0, 0.1) is 23.5 Å². The molecular weight excluding hydrogens is 410 g/mol. The zero-order valence-corrected chi connectivity index (χ0v) is 18.1. The Balaban J connectivity index is 1.66. The van der Waals surface area contributed by atoms with Crippen LogP contribution in [0.3, 0.4) is 0 Å². The van der Waals surface area contributed by atoms with Crippen LogP contribution in [0.25, 0.3) is 10.8 Å². The van der Waals surface area contributed by atoms with Crippen LogP contribution < -0.4 is 4.74 Å². The molecule has 0 unspecified atom stereocenters. The van der Waals surface area contributed by atoms with Gasteiger partial charge in [0.25, 0.3) is 0 Å². The first-order chi connectivity index (χ1) is 15.5. The third-order valence-corrected chi connectivity index (χ3v) is 5.23. The summed E-state index contributed by atoms with van der Waals surface area (Å²) in [6.45, 7) is 2.52. The molecule has 0 atom stereocenters. The molecule has 166 valence electrons. The number of unbranched alkanes of at least 4 members (excludes halogenated alkanes) is 5. The normalized spacial score (nSPS) is 10.6. The van der Waals surface area contributed by atoms with Crippen LogP contribution in [0.1, 0.15) is 66.9 Å². The zero-order valence-electron chi connectivity index (χ0n) is 18.1. The van der Waals surface area contributed by atoms with E-state index in [1.54, 1.807) is 30.3 Å². The van der Waals surface area contributed by atoms with E-state index < -0.39 is 17.6 Å². The zero-order chi connectivity index (χ0) is 22.9. The second-order valence-electron chi connectivity index (χ2n) is 7.69. The van der Waals surface area contributed by atoms with E-state index in [-0.39, 0.29) is 16.9 Å². The van der Waals surface area contributed by atoms with Gasteiger partial charge in [0.15, 0.2) is 11.6 Å². The molecule has 0 heterocycles. The molecule has 3 aromatic rings. The van der Waals surface area contributed by atoms with E-state index in [0.717, 1.165) is 30.0 Å². The number of hydrogen-bond donors (Lipinski definition) is 1. The van der Waals surface area contributed by atoms with Gasteiger partial charge < -0.3 is 9.84 Å². The number of ether oxygens (including phenoxy) is 1. The van der Waals surface area contributed by atoms with Crippen molar-refractivity contribution in [2.24, 2.45) is 0 Å². The largest absolute Gasteiger partial charge is 0.490 e. The van der Waals surface area contributed by atoms with E-state index in [9.17, 15) is 13.6 Å². The molecule has 0 saturated heterocycles. The Morgan fingerprint density at radius 1 is 0.875 bits per heavy atom. The Bertz CT molecular complexity index is 1160. The Morgan fingerprint density at radius 3 is 2.38 bits per heavy atom. The molecule has 0 aliphatic rings. The fraction of sp³-hybridized carbons (Fsp3) is 0.296. The van der Waals surface area contributed by atoms with Crippen molar-refractivity contribution >= 4 is 16.7 Å². The van der Waals surface area contributed by atoms with Crippen molar-refractivity contribution in [3.63, 3.8) is 0 Å². The van der Waals surface area contributed by atoms with Gasteiger partial charge in [0.05, 0.1) is 17.7 Å². The maximum absolute atomic E-state index is 14.4. The second-order valence-corrected chi connectivity index (χ2v) is 7.69. The fourth-order valence-corrected chi connectivity index (χ4v) is 3.40. The van der Waals surface area contributed by atoms with Gasteiger partial charge in [0.2, 0.25) is 5.82 Å². The van der Waals surface area contributed by atoms with Gasteiger partial charge in [-0.3, -0.25) is 0 Å². The Morgan fingerprint density at radius 2 is 1.59 bits per heavy atom. The van der Waals surface area contributed by atoms with Crippen molar-refractivity contribution in [3.8, 4) is 17.6 Å². The molecule has 3 aromatic carbocycles. The molecule has 0 aromatic heterocycles. The van der Waals surface area contributed by atoms with Crippen LogP contribution in [-0.4, -0.2) is 17.7 Å². The lowest BCUT2D eigenvalue weighted by molar-refractivity contribution is 0.0697. The van der Waals surface area contributed by atoms with E-state index in [4.69, 9.17) is 9.84 Å². The first-order valence-corrected chi connectivity index (χ1v) is 10.9. The average molecular weight is 436 g/mol. The second kappa shape index (κ2) is 11.3. The number of hydrogen-bond acceptors (Lipinski definition) is 2. The highest BCUT2D eigenvalue weighted by Crippen LogP contribution is 2.23. The molecule has 0 bridgehead atoms. The molecule has 3 nitrogen and oxygen atoms in total. The number of rotatable bonds is 9. The predicted molar refractivity (Wildman–Crippen MR) is 122 cm³/mol. The molecule has 0 radical (unpaired) electrons. The standard InChI is InChI=1S/C27H26F2O3/c1-2-3-4-5-6-7-16-32-24-15-14-20(25(28)26(24)29)10-8-19-9-11-22-18-23(27(30)31)13-12-21(22)17-19/h9,11-15,17-18H,2-7,16H2,1H3,(H,30,31). The SMILES string of the molecule is CCCCCCCCOc1ccc(C#Cc2ccc3cc(C(=O)O)ccc3c2)c(F)c1F. The van der Waals surface area contributed by atoms with E-state index >= 15 is 0 Å². The molecule has 0 fully saturated rings. The summed E-state index contributed by atoms with van der Waals surface area (Å²) in [4.78, 5) is 11.1. The van der Waals surface area contributed by atoms with Gasteiger partial charge in [-0.05, 0) is 53.6 Å². The summed E-state index contributed by atoms with van der Waals surface area (Å²) in [6, 6.07) is 12.9. The molecule has 0 aliphatic heterocycles. The molecule has 0 spiro atoms. The van der Waals surface area contributed by atoms with Crippen LogP contribution in [0.2, 0.25) is 0 Å². The van der Waals surface area contributed by atoms with Crippen molar-refractivity contribution < 1.29 is 23.4 Å². The van der Waals surface area contributed by atoms with E-state index in [1.165, 1.54) is 37.5 Å². The van der Waals surface area contributed by atoms with Crippen LogP contribution in [0.4, 0.5) is 8.78 Å². The molecule has 3 rings (SSSR count). The Labute approximate surface area is 187 Å². The van der Waals surface area contributed by atoms with Crippen LogP contribution >= 0.6 is 0 Å². The van der Waals surface area contributed by atoms with Crippen molar-refractivity contribution in [3.05, 3.63) is 76.9 Å².